The minimum atomic E-state index is -1.53. The van der Waals surface area contributed by atoms with Crippen LogP contribution in [-0.4, -0.2) is 48.6 Å². The van der Waals surface area contributed by atoms with E-state index in [9.17, 15) is 9.59 Å². The summed E-state index contributed by atoms with van der Waals surface area (Å²) in [7, 11) is 0. The molecule has 1 aromatic rings. The Kier molecular flexibility index (Phi) is 3.33. The summed E-state index contributed by atoms with van der Waals surface area (Å²) >= 11 is 0. The lowest BCUT2D eigenvalue weighted by atomic mass is 10.00. The van der Waals surface area contributed by atoms with Crippen LogP contribution < -0.4 is 10.1 Å². The molecule has 6 nitrogen and oxygen atoms in total. The number of amides is 2. The van der Waals surface area contributed by atoms with Gasteiger partial charge in [-0.1, -0.05) is 6.07 Å². The van der Waals surface area contributed by atoms with Gasteiger partial charge in [0.15, 0.2) is 0 Å². The van der Waals surface area contributed by atoms with E-state index in [-0.39, 0.29) is 5.91 Å². The summed E-state index contributed by atoms with van der Waals surface area (Å²) in [6, 6.07) is 5.48. The SMILES string of the molecule is Cc1ccc2c(c1)NC(=O)[C@](C)(C(=O)N1CCOCC1)O2. The molecule has 1 saturated heterocycles. The zero-order valence-electron chi connectivity index (χ0n) is 12.1. The van der Waals surface area contributed by atoms with Crippen molar-refractivity contribution in [1.29, 1.82) is 0 Å². The van der Waals surface area contributed by atoms with E-state index in [1.165, 1.54) is 6.92 Å². The topological polar surface area (TPSA) is 67.9 Å². The highest BCUT2D eigenvalue weighted by atomic mass is 16.5. The fourth-order valence-corrected chi connectivity index (χ4v) is 2.55. The van der Waals surface area contributed by atoms with Crippen LogP contribution in [0.4, 0.5) is 5.69 Å². The molecule has 0 aliphatic carbocycles. The lowest BCUT2D eigenvalue weighted by Gasteiger charge is -2.38. The van der Waals surface area contributed by atoms with Crippen LogP contribution in [0, 0.1) is 6.92 Å². The van der Waals surface area contributed by atoms with Crippen molar-refractivity contribution in [3.8, 4) is 5.75 Å². The normalized spacial score (nSPS) is 24.9. The van der Waals surface area contributed by atoms with Crippen LogP contribution >= 0.6 is 0 Å². The second kappa shape index (κ2) is 5.04. The third-order valence-corrected chi connectivity index (χ3v) is 3.84. The molecule has 21 heavy (non-hydrogen) atoms. The van der Waals surface area contributed by atoms with E-state index in [0.29, 0.717) is 37.7 Å². The predicted octanol–water partition coefficient (Wildman–Crippen LogP) is 0.943. The molecule has 0 aromatic heterocycles. The Hall–Kier alpha value is -2.08. The largest absolute Gasteiger partial charge is 0.466 e. The van der Waals surface area contributed by atoms with Gasteiger partial charge in [-0.3, -0.25) is 9.59 Å². The minimum absolute atomic E-state index is 0.325. The molecule has 2 aliphatic heterocycles. The van der Waals surface area contributed by atoms with Crippen molar-refractivity contribution in [2.75, 3.05) is 31.6 Å². The van der Waals surface area contributed by atoms with Crippen molar-refractivity contribution in [3.63, 3.8) is 0 Å². The molecule has 0 unspecified atom stereocenters. The van der Waals surface area contributed by atoms with Gasteiger partial charge in [-0.05, 0) is 31.5 Å². The van der Waals surface area contributed by atoms with Gasteiger partial charge in [0, 0.05) is 13.1 Å². The summed E-state index contributed by atoms with van der Waals surface area (Å²) < 4.78 is 11.0. The van der Waals surface area contributed by atoms with Crippen molar-refractivity contribution in [2.24, 2.45) is 0 Å². The summed E-state index contributed by atoms with van der Waals surface area (Å²) in [5.74, 6) is -0.240. The molecule has 1 fully saturated rings. The Labute approximate surface area is 123 Å². The van der Waals surface area contributed by atoms with Gasteiger partial charge in [-0.15, -0.1) is 0 Å². The van der Waals surface area contributed by atoms with Crippen LogP contribution in [0.25, 0.3) is 0 Å². The van der Waals surface area contributed by atoms with Crippen LogP contribution in [0.15, 0.2) is 18.2 Å². The molecular weight excluding hydrogens is 272 g/mol. The Bertz CT molecular complexity index is 595. The highest BCUT2D eigenvalue weighted by Gasteiger charge is 2.49. The van der Waals surface area contributed by atoms with Crippen LogP contribution in [0.5, 0.6) is 5.75 Å². The first-order chi connectivity index (χ1) is 10.0. The molecule has 0 spiro atoms. The standard InChI is InChI=1S/C15H18N2O4/c1-10-3-4-12-11(9-10)16-13(18)15(2,21-12)14(19)17-5-7-20-8-6-17/h3-4,9H,5-8H2,1-2H3,(H,16,18)/t15-/m1/s1. The molecular formula is C15H18N2O4. The minimum Gasteiger partial charge on any atom is -0.466 e. The van der Waals surface area contributed by atoms with Crippen LogP contribution in [0.2, 0.25) is 0 Å². The monoisotopic (exact) mass is 290 g/mol. The Morgan fingerprint density at radius 2 is 2.05 bits per heavy atom. The third-order valence-electron chi connectivity index (χ3n) is 3.84. The van der Waals surface area contributed by atoms with E-state index >= 15 is 0 Å². The summed E-state index contributed by atoms with van der Waals surface area (Å²) in [5, 5.41) is 2.77. The first-order valence-corrected chi connectivity index (χ1v) is 6.99. The molecule has 6 heteroatoms. The van der Waals surface area contributed by atoms with Gasteiger partial charge in [0.25, 0.3) is 17.4 Å². The van der Waals surface area contributed by atoms with Gasteiger partial charge >= 0.3 is 0 Å². The molecule has 3 rings (SSSR count). The summed E-state index contributed by atoms with van der Waals surface area (Å²) in [6.07, 6.45) is 0. The second-order valence-corrected chi connectivity index (χ2v) is 5.49. The Balaban J connectivity index is 1.88. The lowest BCUT2D eigenvalue weighted by molar-refractivity contribution is -0.157. The number of hydrogen-bond donors (Lipinski definition) is 1. The number of morpholine rings is 1. The van der Waals surface area contributed by atoms with Crippen molar-refractivity contribution in [3.05, 3.63) is 23.8 Å². The zero-order chi connectivity index (χ0) is 15.0. The van der Waals surface area contributed by atoms with E-state index in [0.717, 1.165) is 5.56 Å². The number of aryl methyl sites for hydroxylation is 1. The van der Waals surface area contributed by atoms with E-state index in [1.807, 2.05) is 19.1 Å². The Morgan fingerprint density at radius 3 is 2.76 bits per heavy atom. The highest BCUT2D eigenvalue weighted by molar-refractivity contribution is 6.15. The summed E-state index contributed by atoms with van der Waals surface area (Å²) in [6.45, 7) is 5.37. The number of fused-ring (bicyclic) bond motifs is 1. The molecule has 2 amide bonds. The molecule has 112 valence electrons. The van der Waals surface area contributed by atoms with Crippen LogP contribution in [0.1, 0.15) is 12.5 Å². The molecule has 0 saturated carbocycles. The fourth-order valence-electron chi connectivity index (χ4n) is 2.55. The maximum Gasteiger partial charge on any atom is 0.278 e. The van der Waals surface area contributed by atoms with Crippen LogP contribution in [-0.2, 0) is 14.3 Å². The first-order valence-electron chi connectivity index (χ1n) is 6.99. The van der Waals surface area contributed by atoms with Gasteiger partial charge in [-0.2, -0.15) is 0 Å². The number of benzene rings is 1. The number of anilines is 1. The number of carbonyl (C=O) groups is 2. The number of hydrogen-bond acceptors (Lipinski definition) is 4. The van der Waals surface area contributed by atoms with Gasteiger partial charge in [-0.25, -0.2) is 0 Å². The van der Waals surface area contributed by atoms with Crippen molar-refractivity contribution in [1.82, 2.24) is 4.90 Å². The predicted molar refractivity (Wildman–Crippen MR) is 76.2 cm³/mol. The average molecular weight is 290 g/mol. The smallest absolute Gasteiger partial charge is 0.278 e. The van der Waals surface area contributed by atoms with Gasteiger partial charge in [0.05, 0.1) is 18.9 Å². The number of nitrogens with zero attached hydrogens (tertiary/aromatic N) is 1. The highest BCUT2D eigenvalue weighted by Crippen LogP contribution is 2.35. The number of carbonyl (C=O) groups excluding carboxylic acids is 2. The van der Waals surface area contributed by atoms with E-state index in [2.05, 4.69) is 5.32 Å². The van der Waals surface area contributed by atoms with Crippen molar-refractivity contribution < 1.29 is 19.1 Å². The summed E-state index contributed by atoms with van der Waals surface area (Å²) in [5.41, 5.74) is 0.0904. The number of ether oxygens (including phenoxy) is 2. The Morgan fingerprint density at radius 1 is 1.33 bits per heavy atom. The van der Waals surface area contributed by atoms with Crippen molar-refractivity contribution in [2.45, 2.75) is 19.4 Å². The maximum atomic E-state index is 12.6. The molecule has 1 N–H and O–H groups in total. The second-order valence-electron chi connectivity index (χ2n) is 5.49. The number of nitrogens with one attached hydrogen (secondary N) is 1. The number of rotatable bonds is 1. The fraction of sp³-hybridized carbons (Fsp3) is 0.467. The molecule has 1 aromatic carbocycles. The van der Waals surface area contributed by atoms with Gasteiger partial charge in [0.1, 0.15) is 5.75 Å². The quantitative estimate of drug-likeness (QED) is 0.782. The van der Waals surface area contributed by atoms with E-state index in [1.54, 1.807) is 11.0 Å². The average Bonchev–Trinajstić information content (AvgIpc) is 2.49. The molecule has 0 bridgehead atoms. The molecule has 2 aliphatic rings. The lowest BCUT2D eigenvalue weighted by Crippen LogP contribution is -2.61. The molecule has 1 atom stereocenters. The first kappa shape index (κ1) is 13.9. The molecule has 0 radical (unpaired) electrons. The maximum absolute atomic E-state index is 12.6. The third kappa shape index (κ3) is 2.35. The van der Waals surface area contributed by atoms with Crippen molar-refractivity contribution >= 4 is 17.5 Å². The molecule has 2 heterocycles. The van der Waals surface area contributed by atoms with E-state index < -0.39 is 11.5 Å². The van der Waals surface area contributed by atoms with Crippen LogP contribution in [0.3, 0.4) is 0 Å². The van der Waals surface area contributed by atoms with Gasteiger partial charge < -0.3 is 19.7 Å². The summed E-state index contributed by atoms with van der Waals surface area (Å²) in [4.78, 5) is 26.6. The zero-order valence-corrected chi connectivity index (χ0v) is 12.1. The van der Waals surface area contributed by atoms with E-state index in [4.69, 9.17) is 9.47 Å². The van der Waals surface area contributed by atoms with Gasteiger partial charge in [0.2, 0.25) is 0 Å².